The number of hydrogen-bond acceptors (Lipinski definition) is 2. The van der Waals surface area contributed by atoms with E-state index in [1.807, 2.05) is 0 Å². The molecule has 1 aliphatic heterocycles. The summed E-state index contributed by atoms with van der Waals surface area (Å²) in [6.07, 6.45) is 10.2. The number of likely N-dealkylation sites (N-methyl/N-ethyl adjacent to an activating group) is 1. The van der Waals surface area contributed by atoms with Gasteiger partial charge in [0, 0.05) is 25.2 Å². The Bertz CT molecular complexity index is 169. The molecule has 15 heavy (non-hydrogen) atoms. The molecule has 2 aliphatic rings. The van der Waals surface area contributed by atoms with E-state index in [0.717, 1.165) is 12.1 Å². The van der Waals surface area contributed by atoms with Gasteiger partial charge in [-0.3, -0.25) is 4.90 Å². The molecule has 0 spiro atoms. The van der Waals surface area contributed by atoms with Crippen molar-refractivity contribution in [1.29, 1.82) is 0 Å². The monoisotopic (exact) mass is 210 g/mol. The SMILES string of the molecule is CCN(C1CCCCCCC1)C1CNC1. The van der Waals surface area contributed by atoms with Crippen molar-refractivity contribution in [2.45, 2.75) is 64.0 Å². The van der Waals surface area contributed by atoms with Crippen molar-refractivity contribution >= 4 is 0 Å². The van der Waals surface area contributed by atoms with Crippen molar-refractivity contribution in [3.8, 4) is 0 Å². The first kappa shape index (κ1) is 11.4. The van der Waals surface area contributed by atoms with E-state index in [2.05, 4.69) is 17.1 Å². The first-order valence-corrected chi connectivity index (χ1v) is 6.88. The van der Waals surface area contributed by atoms with Crippen molar-refractivity contribution < 1.29 is 0 Å². The van der Waals surface area contributed by atoms with Crippen LogP contribution in [-0.2, 0) is 0 Å². The minimum Gasteiger partial charge on any atom is -0.314 e. The summed E-state index contributed by atoms with van der Waals surface area (Å²) in [5.74, 6) is 0. The molecule has 1 saturated heterocycles. The second-order valence-electron chi connectivity index (χ2n) is 5.14. The fourth-order valence-corrected chi connectivity index (χ4v) is 3.09. The van der Waals surface area contributed by atoms with E-state index in [1.165, 1.54) is 64.6 Å². The van der Waals surface area contributed by atoms with Crippen molar-refractivity contribution in [3.63, 3.8) is 0 Å². The molecular formula is C13H26N2. The Labute approximate surface area is 94.4 Å². The van der Waals surface area contributed by atoms with Gasteiger partial charge in [-0.25, -0.2) is 0 Å². The summed E-state index contributed by atoms with van der Waals surface area (Å²) in [5.41, 5.74) is 0. The highest BCUT2D eigenvalue weighted by Gasteiger charge is 2.28. The maximum Gasteiger partial charge on any atom is 0.0348 e. The largest absolute Gasteiger partial charge is 0.314 e. The molecule has 0 aromatic heterocycles. The third-order valence-corrected chi connectivity index (χ3v) is 4.14. The highest BCUT2D eigenvalue weighted by molar-refractivity contribution is 4.88. The predicted molar refractivity (Wildman–Crippen MR) is 65.1 cm³/mol. The van der Waals surface area contributed by atoms with Crippen LogP contribution in [0.4, 0.5) is 0 Å². The van der Waals surface area contributed by atoms with Gasteiger partial charge in [0.1, 0.15) is 0 Å². The van der Waals surface area contributed by atoms with Crippen LogP contribution in [0.25, 0.3) is 0 Å². The average Bonchev–Trinajstić information content (AvgIpc) is 2.11. The molecule has 2 rings (SSSR count). The maximum absolute atomic E-state index is 3.40. The van der Waals surface area contributed by atoms with E-state index in [-0.39, 0.29) is 0 Å². The Morgan fingerprint density at radius 3 is 2.00 bits per heavy atom. The first-order valence-electron chi connectivity index (χ1n) is 6.88. The number of nitrogens with zero attached hydrogens (tertiary/aromatic N) is 1. The van der Waals surface area contributed by atoms with Gasteiger partial charge in [0.15, 0.2) is 0 Å². The Kier molecular flexibility index (Phi) is 4.45. The van der Waals surface area contributed by atoms with Crippen LogP contribution >= 0.6 is 0 Å². The van der Waals surface area contributed by atoms with E-state index in [1.54, 1.807) is 0 Å². The van der Waals surface area contributed by atoms with E-state index in [4.69, 9.17) is 0 Å². The van der Waals surface area contributed by atoms with Crippen molar-refractivity contribution in [2.75, 3.05) is 19.6 Å². The molecule has 0 aromatic rings. The van der Waals surface area contributed by atoms with Crippen molar-refractivity contribution in [3.05, 3.63) is 0 Å². The van der Waals surface area contributed by atoms with Gasteiger partial charge in [-0.15, -0.1) is 0 Å². The fourth-order valence-electron chi connectivity index (χ4n) is 3.09. The lowest BCUT2D eigenvalue weighted by atomic mass is 9.94. The maximum atomic E-state index is 3.40. The van der Waals surface area contributed by atoms with Gasteiger partial charge in [0.05, 0.1) is 0 Å². The van der Waals surface area contributed by atoms with E-state index < -0.39 is 0 Å². The van der Waals surface area contributed by atoms with Crippen molar-refractivity contribution in [2.24, 2.45) is 0 Å². The zero-order valence-electron chi connectivity index (χ0n) is 10.2. The summed E-state index contributed by atoms with van der Waals surface area (Å²) in [4.78, 5) is 2.77. The fraction of sp³-hybridized carbons (Fsp3) is 1.00. The lowest BCUT2D eigenvalue weighted by molar-refractivity contribution is 0.0850. The Hall–Kier alpha value is -0.0800. The number of nitrogens with one attached hydrogen (secondary N) is 1. The zero-order valence-corrected chi connectivity index (χ0v) is 10.2. The molecule has 0 atom stereocenters. The normalized spacial score (nSPS) is 26.0. The van der Waals surface area contributed by atoms with E-state index in [0.29, 0.717) is 0 Å². The molecule has 0 aromatic carbocycles. The van der Waals surface area contributed by atoms with Crippen molar-refractivity contribution in [1.82, 2.24) is 10.2 Å². The lowest BCUT2D eigenvalue weighted by Crippen LogP contribution is -2.59. The molecule has 1 N–H and O–H groups in total. The first-order chi connectivity index (χ1) is 7.42. The predicted octanol–water partition coefficient (Wildman–Crippen LogP) is 2.39. The molecular weight excluding hydrogens is 184 g/mol. The molecule has 1 heterocycles. The minimum atomic E-state index is 0.847. The molecule has 0 radical (unpaired) electrons. The van der Waals surface area contributed by atoms with Crippen LogP contribution in [0.15, 0.2) is 0 Å². The molecule has 0 bridgehead atoms. The van der Waals surface area contributed by atoms with Crippen LogP contribution in [0.2, 0.25) is 0 Å². The van der Waals surface area contributed by atoms with Gasteiger partial charge in [-0.1, -0.05) is 39.0 Å². The Morgan fingerprint density at radius 2 is 1.53 bits per heavy atom. The summed E-state index contributed by atoms with van der Waals surface area (Å²) >= 11 is 0. The van der Waals surface area contributed by atoms with E-state index in [9.17, 15) is 0 Å². The summed E-state index contributed by atoms with van der Waals surface area (Å²) < 4.78 is 0. The van der Waals surface area contributed by atoms with Crippen LogP contribution in [0.3, 0.4) is 0 Å². The van der Waals surface area contributed by atoms with Gasteiger partial charge >= 0.3 is 0 Å². The summed E-state index contributed by atoms with van der Waals surface area (Å²) in [5, 5.41) is 3.40. The standard InChI is InChI=1S/C13H26N2/c1-2-15(13-10-14-11-13)12-8-6-4-3-5-7-9-12/h12-14H,2-11H2,1H3. The van der Waals surface area contributed by atoms with Crippen LogP contribution in [0.1, 0.15) is 51.9 Å². The third kappa shape index (κ3) is 2.94. The zero-order chi connectivity index (χ0) is 10.5. The number of rotatable bonds is 3. The van der Waals surface area contributed by atoms with Crippen LogP contribution in [0.5, 0.6) is 0 Å². The van der Waals surface area contributed by atoms with Gasteiger partial charge in [-0.05, 0) is 19.4 Å². The molecule has 0 amide bonds. The second kappa shape index (κ2) is 5.86. The van der Waals surface area contributed by atoms with Gasteiger partial charge in [0.25, 0.3) is 0 Å². The molecule has 0 unspecified atom stereocenters. The third-order valence-electron chi connectivity index (χ3n) is 4.14. The summed E-state index contributed by atoms with van der Waals surface area (Å²) in [6.45, 7) is 6.03. The molecule has 88 valence electrons. The number of hydrogen-bond donors (Lipinski definition) is 1. The highest BCUT2D eigenvalue weighted by Crippen LogP contribution is 2.23. The average molecular weight is 210 g/mol. The molecule has 1 saturated carbocycles. The molecule has 2 fully saturated rings. The molecule has 1 aliphatic carbocycles. The van der Waals surface area contributed by atoms with Crippen LogP contribution in [-0.4, -0.2) is 36.6 Å². The lowest BCUT2D eigenvalue weighted by Gasteiger charge is -2.43. The van der Waals surface area contributed by atoms with Gasteiger partial charge in [0.2, 0.25) is 0 Å². The second-order valence-corrected chi connectivity index (χ2v) is 5.14. The Morgan fingerprint density at radius 1 is 0.933 bits per heavy atom. The topological polar surface area (TPSA) is 15.3 Å². The smallest absolute Gasteiger partial charge is 0.0348 e. The molecule has 2 heteroatoms. The van der Waals surface area contributed by atoms with Gasteiger partial charge in [-0.2, -0.15) is 0 Å². The Balaban J connectivity index is 1.85. The van der Waals surface area contributed by atoms with Crippen LogP contribution < -0.4 is 5.32 Å². The quantitative estimate of drug-likeness (QED) is 0.769. The highest BCUT2D eigenvalue weighted by atomic mass is 15.2. The summed E-state index contributed by atoms with van der Waals surface area (Å²) in [6, 6.07) is 1.74. The van der Waals surface area contributed by atoms with E-state index >= 15 is 0 Å². The minimum absolute atomic E-state index is 0.847. The summed E-state index contributed by atoms with van der Waals surface area (Å²) in [7, 11) is 0. The molecule has 2 nitrogen and oxygen atoms in total. The van der Waals surface area contributed by atoms with Crippen LogP contribution in [0, 0.1) is 0 Å². The van der Waals surface area contributed by atoms with Gasteiger partial charge < -0.3 is 5.32 Å².